The van der Waals surface area contributed by atoms with Gasteiger partial charge in [0, 0.05) is 0 Å². The molecule has 0 spiro atoms. The second kappa shape index (κ2) is 6.42. The molecule has 0 saturated carbocycles. The predicted molar refractivity (Wildman–Crippen MR) is 69.1 cm³/mol. The van der Waals surface area contributed by atoms with Gasteiger partial charge in [0.1, 0.15) is 0 Å². The van der Waals surface area contributed by atoms with Crippen LogP contribution in [-0.4, -0.2) is 33.1 Å². The van der Waals surface area contributed by atoms with Gasteiger partial charge in [0.15, 0.2) is 11.5 Å². The molecule has 0 saturated heterocycles. The van der Waals surface area contributed by atoms with Gasteiger partial charge in [-0.1, -0.05) is 0 Å². The fourth-order valence-corrected chi connectivity index (χ4v) is 1.78. The Balaban J connectivity index is 3.12. The van der Waals surface area contributed by atoms with Gasteiger partial charge in [-0.25, -0.2) is 4.79 Å². The van der Waals surface area contributed by atoms with Crippen LogP contribution >= 0.6 is 0 Å². The summed E-state index contributed by atoms with van der Waals surface area (Å²) in [4.78, 5) is 11.7. The van der Waals surface area contributed by atoms with Gasteiger partial charge in [-0.2, -0.15) is 21.6 Å². The maximum atomic E-state index is 12.3. The number of halogens is 3. The summed E-state index contributed by atoms with van der Waals surface area (Å²) < 4.78 is 72.4. The average Bonchev–Trinajstić information content (AvgIpc) is 2.36. The van der Waals surface area contributed by atoms with Crippen LogP contribution in [0, 0.1) is 0 Å². The lowest BCUT2D eigenvalue weighted by molar-refractivity contribution is -0.0500. The maximum absolute atomic E-state index is 12.3. The largest absolute Gasteiger partial charge is 0.534 e. The molecule has 0 N–H and O–H groups in total. The lowest BCUT2D eigenvalue weighted by atomic mass is 10.2. The summed E-state index contributed by atoms with van der Waals surface area (Å²) in [6, 6.07) is 2.96. The van der Waals surface area contributed by atoms with Gasteiger partial charge in [-0.05, 0) is 32.0 Å². The Morgan fingerprint density at radius 3 is 2.23 bits per heavy atom. The highest BCUT2D eigenvalue weighted by molar-refractivity contribution is 7.88. The number of rotatable bonds is 5. The quantitative estimate of drug-likeness (QED) is 0.465. The summed E-state index contributed by atoms with van der Waals surface area (Å²) in [5.41, 5.74) is -5.60. The van der Waals surface area contributed by atoms with Crippen LogP contribution in [0.5, 0.6) is 11.5 Å². The number of alkyl halides is 3. The van der Waals surface area contributed by atoms with Crippen LogP contribution in [0.3, 0.4) is 0 Å². The van der Waals surface area contributed by atoms with E-state index in [9.17, 15) is 26.4 Å². The Bertz CT molecular complexity index is 651. The van der Waals surface area contributed by atoms with Gasteiger partial charge >= 0.3 is 21.6 Å². The number of carbonyl (C=O) groups excluding carboxylic acids is 1. The van der Waals surface area contributed by atoms with Crippen LogP contribution in [0.15, 0.2) is 18.2 Å². The first-order valence-corrected chi connectivity index (χ1v) is 7.28. The first kappa shape index (κ1) is 18.1. The lowest BCUT2D eigenvalue weighted by Crippen LogP contribution is -2.28. The van der Waals surface area contributed by atoms with Gasteiger partial charge in [-0.15, -0.1) is 0 Å². The van der Waals surface area contributed by atoms with Gasteiger partial charge in [-0.3, -0.25) is 0 Å². The van der Waals surface area contributed by atoms with Crippen molar-refractivity contribution in [1.82, 2.24) is 0 Å². The second-order valence-electron chi connectivity index (χ2n) is 4.30. The standard InChI is InChI=1S/C12H13F3O6S/c1-7(2)20-11(16)8-4-5-9(10(6-8)19-3)21-22(17,18)12(13,14)15/h4-7H,1-3H3. The number of methoxy groups -OCH3 is 1. The fourth-order valence-electron chi connectivity index (χ4n) is 1.31. The second-order valence-corrected chi connectivity index (χ2v) is 5.84. The third kappa shape index (κ3) is 4.26. The summed E-state index contributed by atoms with van der Waals surface area (Å²) in [6.07, 6.45) is -0.403. The number of carbonyl (C=O) groups is 1. The third-order valence-corrected chi connectivity index (χ3v) is 3.19. The molecule has 22 heavy (non-hydrogen) atoms. The zero-order chi connectivity index (χ0) is 17.1. The van der Waals surface area contributed by atoms with Gasteiger partial charge in [0.2, 0.25) is 0 Å². The van der Waals surface area contributed by atoms with Crippen molar-refractivity contribution >= 4 is 16.1 Å². The normalized spacial score (nSPS) is 12.1. The molecule has 1 aromatic carbocycles. The van der Waals surface area contributed by atoms with Crippen molar-refractivity contribution in [3.8, 4) is 11.5 Å². The predicted octanol–water partition coefficient (Wildman–Crippen LogP) is 2.49. The zero-order valence-electron chi connectivity index (χ0n) is 11.8. The summed E-state index contributed by atoms with van der Waals surface area (Å²) in [7, 11) is -4.75. The molecule has 1 aromatic rings. The van der Waals surface area contributed by atoms with Crippen LogP contribution in [0.25, 0.3) is 0 Å². The van der Waals surface area contributed by atoms with Crippen LogP contribution in [0.4, 0.5) is 13.2 Å². The Kier molecular flexibility index (Phi) is 5.28. The van der Waals surface area contributed by atoms with E-state index in [-0.39, 0.29) is 11.3 Å². The van der Waals surface area contributed by atoms with Crippen LogP contribution in [-0.2, 0) is 14.9 Å². The SMILES string of the molecule is COc1cc(C(=O)OC(C)C)ccc1OS(=O)(=O)C(F)(F)F. The van der Waals surface area contributed by atoms with Gasteiger partial charge < -0.3 is 13.7 Å². The number of ether oxygens (including phenoxy) is 2. The van der Waals surface area contributed by atoms with E-state index in [1.165, 1.54) is 0 Å². The average molecular weight is 342 g/mol. The van der Waals surface area contributed by atoms with E-state index in [1.54, 1.807) is 13.8 Å². The molecule has 0 aliphatic heterocycles. The van der Waals surface area contributed by atoms with Crippen LogP contribution in [0.1, 0.15) is 24.2 Å². The molecule has 0 atom stereocenters. The van der Waals surface area contributed by atoms with Crippen molar-refractivity contribution in [2.45, 2.75) is 25.5 Å². The van der Waals surface area contributed by atoms with Crippen molar-refractivity contribution in [3.05, 3.63) is 23.8 Å². The summed E-state index contributed by atoms with van der Waals surface area (Å²) >= 11 is 0. The first-order chi connectivity index (χ1) is 9.98. The zero-order valence-corrected chi connectivity index (χ0v) is 12.6. The number of benzene rings is 1. The van der Waals surface area contributed by atoms with Gasteiger partial charge in [0.25, 0.3) is 0 Å². The molecule has 10 heteroatoms. The topological polar surface area (TPSA) is 78.9 Å². The molecular formula is C12H13F3O6S. The highest BCUT2D eigenvalue weighted by Gasteiger charge is 2.49. The number of hydrogen-bond acceptors (Lipinski definition) is 6. The molecule has 0 amide bonds. The van der Waals surface area contributed by atoms with Crippen LogP contribution in [0.2, 0.25) is 0 Å². The van der Waals surface area contributed by atoms with E-state index in [0.717, 1.165) is 25.3 Å². The summed E-state index contributed by atoms with van der Waals surface area (Å²) in [5, 5.41) is 0. The smallest absolute Gasteiger partial charge is 0.493 e. The Labute approximate surface area is 124 Å². The summed E-state index contributed by atoms with van der Waals surface area (Å²) in [6.45, 7) is 3.23. The Morgan fingerprint density at radius 2 is 1.77 bits per heavy atom. The van der Waals surface area contributed by atoms with Crippen molar-refractivity contribution in [2.75, 3.05) is 7.11 Å². The molecule has 0 aliphatic carbocycles. The third-order valence-electron chi connectivity index (χ3n) is 2.23. The molecule has 0 unspecified atom stereocenters. The van der Waals surface area contributed by atoms with Crippen molar-refractivity contribution < 1.29 is 40.0 Å². The Morgan fingerprint density at radius 1 is 1.18 bits per heavy atom. The minimum atomic E-state index is -5.83. The molecule has 0 bridgehead atoms. The minimum Gasteiger partial charge on any atom is -0.493 e. The molecule has 0 heterocycles. The number of esters is 1. The minimum absolute atomic E-state index is 0.0256. The van der Waals surface area contributed by atoms with Gasteiger partial charge in [0.05, 0.1) is 18.8 Å². The van der Waals surface area contributed by atoms with Crippen molar-refractivity contribution in [2.24, 2.45) is 0 Å². The van der Waals surface area contributed by atoms with E-state index < -0.39 is 33.4 Å². The van der Waals surface area contributed by atoms with E-state index in [4.69, 9.17) is 9.47 Å². The van der Waals surface area contributed by atoms with Crippen molar-refractivity contribution in [3.63, 3.8) is 0 Å². The number of hydrogen-bond donors (Lipinski definition) is 0. The maximum Gasteiger partial charge on any atom is 0.534 e. The first-order valence-electron chi connectivity index (χ1n) is 5.87. The highest BCUT2D eigenvalue weighted by Crippen LogP contribution is 2.33. The molecule has 0 aliphatic rings. The molecule has 1 rings (SSSR count). The summed E-state index contributed by atoms with van der Waals surface area (Å²) in [5.74, 6) is -1.79. The van der Waals surface area contributed by atoms with E-state index >= 15 is 0 Å². The molecule has 0 radical (unpaired) electrons. The molecule has 124 valence electrons. The Hall–Kier alpha value is -1.97. The monoisotopic (exact) mass is 342 g/mol. The van der Waals surface area contributed by atoms with E-state index in [1.807, 2.05) is 0 Å². The van der Waals surface area contributed by atoms with E-state index in [0.29, 0.717) is 0 Å². The van der Waals surface area contributed by atoms with Crippen LogP contribution < -0.4 is 8.92 Å². The fraction of sp³-hybridized carbons (Fsp3) is 0.417. The molecular weight excluding hydrogens is 329 g/mol. The van der Waals surface area contributed by atoms with E-state index in [2.05, 4.69) is 4.18 Å². The highest BCUT2D eigenvalue weighted by atomic mass is 32.2. The molecule has 0 fully saturated rings. The van der Waals surface area contributed by atoms with Crippen molar-refractivity contribution in [1.29, 1.82) is 0 Å². The lowest BCUT2D eigenvalue weighted by Gasteiger charge is -2.13. The molecule has 0 aromatic heterocycles. The molecule has 6 nitrogen and oxygen atoms in total.